The third kappa shape index (κ3) is 4.96. The highest BCUT2D eigenvalue weighted by atomic mass is 16.5. The molecule has 0 aromatic carbocycles. The van der Waals surface area contributed by atoms with Gasteiger partial charge in [0.05, 0.1) is 19.8 Å². The van der Waals surface area contributed by atoms with E-state index in [1.165, 1.54) is 19.3 Å². The van der Waals surface area contributed by atoms with E-state index in [0.29, 0.717) is 19.3 Å². The maximum Gasteiger partial charge on any atom is 0.0698 e. The summed E-state index contributed by atoms with van der Waals surface area (Å²) in [5.41, 5.74) is 0. The Hall–Kier alpha value is -0.120. The second-order valence-electron chi connectivity index (χ2n) is 4.75. The first kappa shape index (κ1) is 12.9. The van der Waals surface area contributed by atoms with Crippen LogP contribution in [0, 0.1) is 11.8 Å². The Morgan fingerprint density at radius 1 is 1.20 bits per heavy atom. The molecule has 3 heteroatoms. The number of hydrogen-bond donors (Lipinski definition) is 2. The van der Waals surface area contributed by atoms with Crippen molar-refractivity contribution < 1.29 is 9.84 Å². The van der Waals surface area contributed by atoms with Gasteiger partial charge in [0.1, 0.15) is 0 Å². The first-order valence-corrected chi connectivity index (χ1v) is 6.16. The second kappa shape index (κ2) is 7.20. The Kier molecular flexibility index (Phi) is 6.22. The average molecular weight is 215 g/mol. The van der Waals surface area contributed by atoms with E-state index in [1.54, 1.807) is 0 Å². The van der Waals surface area contributed by atoms with Gasteiger partial charge in [-0.3, -0.25) is 0 Å². The van der Waals surface area contributed by atoms with Crippen molar-refractivity contribution in [1.82, 2.24) is 5.32 Å². The number of ether oxygens (including phenoxy) is 1. The molecule has 0 heterocycles. The molecular weight excluding hydrogens is 190 g/mol. The van der Waals surface area contributed by atoms with Gasteiger partial charge in [-0.05, 0) is 31.1 Å². The van der Waals surface area contributed by atoms with Crippen LogP contribution in [0.3, 0.4) is 0 Å². The lowest BCUT2D eigenvalue weighted by atomic mass is 9.79. The zero-order valence-corrected chi connectivity index (χ0v) is 10.0. The van der Waals surface area contributed by atoms with Crippen molar-refractivity contribution in [2.75, 3.05) is 26.4 Å². The van der Waals surface area contributed by atoms with Gasteiger partial charge in [-0.25, -0.2) is 0 Å². The van der Waals surface area contributed by atoms with Crippen LogP contribution >= 0.6 is 0 Å². The smallest absolute Gasteiger partial charge is 0.0698 e. The van der Waals surface area contributed by atoms with Crippen LogP contribution in [0.25, 0.3) is 0 Å². The van der Waals surface area contributed by atoms with Crippen molar-refractivity contribution >= 4 is 0 Å². The maximum atomic E-state index is 8.53. The molecular formula is C12H25NO2. The SMILES string of the molecule is C[C@@H]1CC[C@H](NCCOCCO)C[C@@H]1C. The monoisotopic (exact) mass is 215 g/mol. The van der Waals surface area contributed by atoms with Crippen molar-refractivity contribution in [3.05, 3.63) is 0 Å². The van der Waals surface area contributed by atoms with Crippen molar-refractivity contribution in [3.63, 3.8) is 0 Å². The molecule has 1 aliphatic rings. The Morgan fingerprint density at radius 3 is 2.67 bits per heavy atom. The minimum absolute atomic E-state index is 0.123. The van der Waals surface area contributed by atoms with E-state index in [4.69, 9.17) is 9.84 Å². The summed E-state index contributed by atoms with van der Waals surface area (Å²) >= 11 is 0. The molecule has 1 rings (SSSR count). The molecule has 1 aliphatic carbocycles. The minimum atomic E-state index is 0.123. The summed E-state index contributed by atoms with van der Waals surface area (Å²) in [7, 11) is 0. The summed E-state index contributed by atoms with van der Waals surface area (Å²) in [5.74, 6) is 1.73. The van der Waals surface area contributed by atoms with Gasteiger partial charge in [0.25, 0.3) is 0 Å². The van der Waals surface area contributed by atoms with Gasteiger partial charge in [0.2, 0.25) is 0 Å². The van der Waals surface area contributed by atoms with Crippen molar-refractivity contribution in [1.29, 1.82) is 0 Å². The highest BCUT2D eigenvalue weighted by Gasteiger charge is 2.23. The zero-order valence-electron chi connectivity index (χ0n) is 10.0. The maximum absolute atomic E-state index is 8.53. The lowest BCUT2D eigenvalue weighted by molar-refractivity contribution is 0.0903. The number of aliphatic hydroxyl groups excluding tert-OH is 1. The summed E-state index contributed by atoms with van der Waals surface area (Å²) < 4.78 is 5.21. The number of rotatable bonds is 6. The standard InChI is InChI=1S/C12H25NO2/c1-10-3-4-12(9-11(10)2)13-5-7-15-8-6-14/h10-14H,3-9H2,1-2H3/t10-,11+,12+/m1/s1. The molecule has 3 nitrogen and oxygen atoms in total. The summed E-state index contributed by atoms with van der Waals surface area (Å²) in [6, 6.07) is 0.675. The van der Waals surface area contributed by atoms with E-state index in [-0.39, 0.29) is 6.61 Å². The third-order valence-electron chi connectivity index (χ3n) is 3.51. The first-order chi connectivity index (χ1) is 7.24. The van der Waals surface area contributed by atoms with Crippen LogP contribution < -0.4 is 5.32 Å². The summed E-state index contributed by atoms with van der Waals surface area (Å²) in [4.78, 5) is 0. The molecule has 0 aromatic heterocycles. The van der Waals surface area contributed by atoms with Crippen LogP contribution in [0.2, 0.25) is 0 Å². The van der Waals surface area contributed by atoms with Crippen molar-refractivity contribution in [3.8, 4) is 0 Å². The fourth-order valence-electron chi connectivity index (χ4n) is 2.23. The number of hydrogen-bond acceptors (Lipinski definition) is 3. The molecule has 0 spiro atoms. The molecule has 3 atom stereocenters. The van der Waals surface area contributed by atoms with E-state index in [2.05, 4.69) is 19.2 Å². The van der Waals surface area contributed by atoms with Gasteiger partial charge in [-0.15, -0.1) is 0 Å². The van der Waals surface area contributed by atoms with Crippen LogP contribution in [0.5, 0.6) is 0 Å². The van der Waals surface area contributed by atoms with Crippen LogP contribution in [0.1, 0.15) is 33.1 Å². The molecule has 1 fully saturated rings. The fourth-order valence-corrected chi connectivity index (χ4v) is 2.23. The van der Waals surface area contributed by atoms with Crippen LogP contribution in [0.15, 0.2) is 0 Å². The molecule has 0 radical (unpaired) electrons. The van der Waals surface area contributed by atoms with Crippen molar-refractivity contribution in [2.45, 2.75) is 39.2 Å². The largest absolute Gasteiger partial charge is 0.394 e. The second-order valence-corrected chi connectivity index (χ2v) is 4.75. The van der Waals surface area contributed by atoms with E-state index in [9.17, 15) is 0 Å². The molecule has 1 saturated carbocycles. The van der Waals surface area contributed by atoms with E-state index in [1.807, 2.05) is 0 Å². The Bertz CT molecular complexity index is 164. The Labute approximate surface area is 93.2 Å². The molecule has 0 amide bonds. The molecule has 0 unspecified atom stereocenters. The number of aliphatic hydroxyl groups is 1. The normalized spacial score (nSPS) is 31.8. The molecule has 0 saturated heterocycles. The highest BCUT2D eigenvalue weighted by Crippen LogP contribution is 2.29. The highest BCUT2D eigenvalue weighted by molar-refractivity contribution is 4.79. The quantitative estimate of drug-likeness (QED) is 0.658. The van der Waals surface area contributed by atoms with Gasteiger partial charge in [0, 0.05) is 12.6 Å². The topological polar surface area (TPSA) is 41.5 Å². The minimum Gasteiger partial charge on any atom is -0.394 e. The lowest BCUT2D eigenvalue weighted by Gasteiger charge is -2.32. The lowest BCUT2D eigenvalue weighted by Crippen LogP contribution is -2.37. The third-order valence-corrected chi connectivity index (χ3v) is 3.51. The van der Waals surface area contributed by atoms with Gasteiger partial charge in [-0.1, -0.05) is 13.8 Å². The van der Waals surface area contributed by atoms with Crippen molar-refractivity contribution in [2.24, 2.45) is 11.8 Å². The molecule has 0 bridgehead atoms. The van der Waals surface area contributed by atoms with Gasteiger partial charge in [-0.2, -0.15) is 0 Å². The summed E-state index contributed by atoms with van der Waals surface area (Å²) in [5, 5.41) is 12.1. The van der Waals surface area contributed by atoms with E-state index < -0.39 is 0 Å². The van der Waals surface area contributed by atoms with Crippen LogP contribution in [-0.2, 0) is 4.74 Å². The Balaban J connectivity index is 2.02. The zero-order chi connectivity index (χ0) is 11.1. The summed E-state index contributed by atoms with van der Waals surface area (Å²) in [6.07, 6.45) is 3.93. The summed E-state index contributed by atoms with van der Waals surface area (Å²) in [6.45, 7) is 6.90. The van der Waals surface area contributed by atoms with E-state index in [0.717, 1.165) is 18.4 Å². The molecule has 15 heavy (non-hydrogen) atoms. The van der Waals surface area contributed by atoms with Gasteiger partial charge < -0.3 is 15.2 Å². The predicted molar refractivity (Wildman–Crippen MR) is 61.9 cm³/mol. The molecule has 90 valence electrons. The average Bonchev–Trinajstić information content (AvgIpc) is 2.23. The molecule has 2 N–H and O–H groups in total. The molecule has 0 aromatic rings. The number of nitrogens with one attached hydrogen (secondary N) is 1. The fraction of sp³-hybridized carbons (Fsp3) is 1.00. The van der Waals surface area contributed by atoms with Gasteiger partial charge in [0.15, 0.2) is 0 Å². The van der Waals surface area contributed by atoms with Crippen LogP contribution in [-0.4, -0.2) is 37.5 Å². The first-order valence-electron chi connectivity index (χ1n) is 6.16. The van der Waals surface area contributed by atoms with Gasteiger partial charge >= 0.3 is 0 Å². The van der Waals surface area contributed by atoms with Crippen LogP contribution in [0.4, 0.5) is 0 Å². The predicted octanol–water partition coefficient (Wildman–Crippen LogP) is 1.41. The van der Waals surface area contributed by atoms with E-state index >= 15 is 0 Å². The molecule has 0 aliphatic heterocycles. The Morgan fingerprint density at radius 2 is 2.00 bits per heavy atom.